The number of nitrogens with zero attached hydrogens (tertiary/aromatic N) is 3. The molecule has 1 saturated carbocycles. The second-order valence-electron chi connectivity index (χ2n) is 9.82. The van der Waals surface area contributed by atoms with Crippen LogP contribution >= 0.6 is 0 Å². The zero-order valence-electron chi connectivity index (χ0n) is 19.9. The molecule has 36 heavy (non-hydrogen) atoms. The Balaban J connectivity index is 1.36. The molecule has 0 radical (unpaired) electrons. The number of amides is 2. The fourth-order valence-electron chi connectivity index (χ4n) is 5.79. The van der Waals surface area contributed by atoms with Gasteiger partial charge in [0, 0.05) is 18.9 Å². The molecule has 3 unspecified atom stereocenters. The van der Waals surface area contributed by atoms with Crippen molar-refractivity contribution in [1.82, 2.24) is 19.5 Å². The molecule has 2 saturated heterocycles. The minimum Gasteiger partial charge on any atom is -0.472 e. The highest BCUT2D eigenvalue weighted by Gasteiger charge is 2.54. The molecule has 3 atom stereocenters. The maximum Gasteiger partial charge on any atom is 0.255 e. The van der Waals surface area contributed by atoms with E-state index < -0.39 is 34.1 Å². The molecule has 0 spiro atoms. The number of likely N-dealkylation sites (tertiary alicyclic amines) is 1. The number of carbonyl (C=O) groups is 3. The smallest absolute Gasteiger partial charge is 0.255 e. The van der Waals surface area contributed by atoms with Gasteiger partial charge >= 0.3 is 0 Å². The monoisotopic (exact) mass is 514 g/mol. The second-order valence-corrected chi connectivity index (χ2v) is 11.7. The number of ketones is 1. The maximum absolute atomic E-state index is 13.8. The predicted octanol–water partition coefficient (Wildman–Crippen LogP) is 1.99. The van der Waals surface area contributed by atoms with Gasteiger partial charge in [0.15, 0.2) is 5.78 Å². The minimum atomic E-state index is -3.93. The first-order valence-corrected chi connectivity index (χ1v) is 13.9. The lowest BCUT2D eigenvalue weighted by atomic mass is 9.84. The fraction of sp³-hybridized carbons (Fsp3) is 0.520. The van der Waals surface area contributed by atoms with Gasteiger partial charge in [-0.05, 0) is 37.0 Å². The molecular formula is C25H30N4O6S. The van der Waals surface area contributed by atoms with Crippen LogP contribution in [0.25, 0.3) is 0 Å². The van der Waals surface area contributed by atoms with Crippen LogP contribution in [0.15, 0.2) is 52.4 Å². The first-order valence-electron chi connectivity index (χ1n) is 12.4. The van der Waals surface area contributed by atoms with Crippen LogP contribution in [0.5, 0.6) is 0 Å². The molecule has 2 aliphatic heterocycles. The normalized spacial score (nSPS) is 24.0. The Kier molecular flexibility index (Phi) is 6.94. The second kappa shape index (κ2) is 10.1. The van der Waals surface area contributed by atoms with E-state index in [4.69, 9.17) is 4.42 Å². The largest absolute Gasteiger partial charge is 0.472 e. The lowest BCUT2D eigenvalue weighted by Crippen LogP contribution is -2.53. The summed E-state index contributed by atoms with van der Waals surface area (Å²) in [6.07, 6.45) is 11.6. The number of pyridine rings is 1. The van der Waals surface area contributed by atoms with Crippen LogP contribution in [0.1, 0.15) is 55.3 Å². The highest BCUT2D eigenvalue weighted by molar-refractivity contribution is 7.89. The van der Waals surface area contributed by atoms with Crippen molar-refractivity contribution in [3.05, 3.63) is 48.7 Å². The van der Waals surface area contributed by atoms with Crippen LogP contribution in [-0.2, 0) is 19.6 Å². The molecule has 192 valence electrons. The van der Waals surface area contributed by atoms with E-state index in [-0.39, 0.29) is 29.7 Å². The number of furan rings is 1. The summed E-state index contributed by atoms with van der Waals surface area (Å²) in [5.74, 6) is -0.751. The van der Waals surface area contributed by atoms with Gasteiger partial charge in [-0.15, -0.1) is 0 Å². The van der Waals surface area contributed by atoms with E-state index in [9.17, 15) is 22.8 Å². The van der Waals surface area contributed by atoms with Gasteiger partial charge in [0.05, 0.1) is 24.4 Å². The third kappa shape index (κ3) is 4.69. The lowest BCUT2D eigenvalue weighted by molar-refractivity contribution is -0.138. The number of hydrogen-bond donors (Lipinski definition) is 1. The van der Waals surface area contributed by atoms with E-state index in [0.29, 0.717) is 24.3 Å². The van der Waals surface area contributed by atoms with Crippen LogP contribution in [0.3, 0.4) is 0 Å². The van der Waals surface area contributed by atoms with Crippen molar-refractivity contribution in [1.29, 1.82) is 0 Å². The molecule has 3 fully saturated rings. The molecule has 11 heteroatoms. The SMILES string of the molecule is O=C(NC(CC1CCCCC1)C(=O)N1CCC2C1C(=O)CN2S(=O)(=O)c1cccnc1)c1ccoc1. The summed E-state index contributed by atoms with van der Waals surface area (Å²) in [6, 6.07) is 2.22. The number of hydrogen-bond acceptors (Lipinski definition) is 7. The molecule has 0 aromatic carbocycles. The van der Waals surface area contributed by atoms with E-state index in [0.717, 1.165) is 25.7 Å². The minimum absolute atomic E-state index is 0.0192. The highest BCUT2D eigenvalue weighted by Crippen LogP contribution is 2.35. The third-order valence-electron chi connectivity index (χ3n) is 7.58. The summed E-state index contributed by atoms with van der Waals surface area (Å²) in [5.41, 5.74) is 0.321. The van der Waals surface area contributed by atoms with Crippen LogP contribution < -0.4 is 5.32 Å². The molecule has 3 aliphatic rings. The Morgan fingerprint density at radius 3 is 2.67 bits per heavy atom. The van der Waals surface area contributed by atoms with Gasteiger partial charge in [-0.2, -0.15) is 4.31 Å². The summed E-state index contributed by atoms with van der Waals surface area (Å²) in [6.45, 7) is -0.0350. The zero-order chi connectivity index (χ0) is 25.3. The molecular weight excluding hydrogens is 484 g/mol. The topological polar surface area (TPSA) is 130 Å². The Morgan fingerprint density at radius 2 is 1.97 bits per heavy atom. The van der Waals surface area contributed by atoms with Crippen molar-refractivity contribution in [2.24, 2.45) is 5.92 Å². The average Bonchev–Trinajstić information content (AvgIpc) is 3.64. The van der Waals surface area contributed by atoms with Gasteiger partial charge < -0.3 is 14.6 Å². The summed E-state index contributed by atoms with van der Waals surface area (Å²) in [7, 11) is -3.93. The van der Waals surface area contributed by atoms with Crippen molar-refractivity contribution in [3.63, 3.8) is 0 Å². The van der Waals surface area contributed by atoms with Crippen LogP contribution in [0, 0.1) is 5.92 Å². The maximum atomic E-state index is 13.8. The van der Waals surface area contributed by atoms with E-state index in [1.54, 1.807) is 0 Å². The van der Waals surface area contributed by atoms with E-state index in [2.05, 4.69) is 10.3 Å². The molecule has 4 heterocycles. The first-order chi connectivity index (χ1) is 17.4. The highest BCUT2D eigenvalue weighted by atomic mass is 32.2. The zero-order valence-corrected chi connectivity index (χ0v) is 20.7. The molecule has 1 N–H and O–H groups in total. The third-order valence-corrected chi connectivity index (χ3v) is 9.44. The van der Waals surface area contributed by atoms with Crippen molar-refractivity contribution in [3.8, 4) is 0 Å². The number of rotatable bonds is 7. The van der Waals surface area contributed by atoms with E-state index in [1.807, 2.05) is 0 Å². The number of carbonyl (C=O) groups excluding carboxylic acids is 3. The average molecular weight is 515 g/mol. The van der Waals surface area contributed by atoms with Gasteiger partial charge in [0.1, 0.15) is 23.2 Å². The van der Waals surface area contributed by atoms with Gasteiger partial charge in [0.2, 0.25) is 15.9 Å². The first kappa shape index (κ1) is 24.6. The summed E-state index contributed by atoms with van der Waals surface area (Å²) in [4.78, 5) is 45.1. The van der Waals surface area contributed by atoms with Crippen molar-refractivity contribution in [2.75, 3.05) is 13.1 Å². The molecule has 2 amide bonds. The molecule has 2 aromatic heterocycles. The number of Topliss-reactive ketones (excluding diaryl/α,β-unsaturated/α-hetero) is 1. The quantitative estimate of drug-likeness (QED) is 0.598. The number of aromatic nitrogens is 1. The summed E-state index contributed by atoms with van der Waals surface area (Å²) >= 11 is 0. The van der Waals surface area contributed by atoms with Gasteiger partial charge in [-0.1, -0.05) is 32.1 Å². The molecule has 1 aliphatic carbocycles. The fourth-order valence-corrected chi connectivity index (χ4v) is 7.38. The molecule has 2 aromatic rings. The summed E-state index contributed by atoms with van der Waals surface area (Å²) in [5, 5.41) is 2.86. The van der Waals surface area contributed by atoms with Crippen molar-refractivity contribution >= 4 is 27.6 Å². The Bertz CT molecular complexity index is 1210. The lowest BCUT2D eigenvalue weighted by Gasteiger charge is -2.31. The van der Waals surface area contributed by atoms with Crippen LogP contribution in [0.4, 0.5) is 0 Å². The number of fused-ring (bicyclic) bond motifs is 1. The molecule has 0 bridgehead atoms. The molecule has 5 rings (SSSR count). The Morgan fingerprint density at radius 1 is 1.17 bits per heavy atom. The van der Waals surface area contributed by atoms with Gasteiger partial charge in [-0.3, -0.25) is 19.4 Å². The van der Waals surface area contributed by atoms with Crippen LogP contribution in [-0.4, -0.2) is 71.4 Å². The van der Waals surface area contributed by atoms with E-state index in [1.165, 1.54) is 58.7 Å². The standard InChI is InChI=1S/C25H30N4O6S/c30-22-15-29(36(33,34)19-7-4-10-26-14-19)21-8-11-28(23(21)22)25(32)20(13-17-5-2-1-3-6-17)27-24(31)18-9-12-35-16-18/h4,7,9-10,12,14,16-17,20-21,23H,1-3,5-6,8,11,13,15H2,(H,27,31). The van der Waals surface area contributed by atoms with E-state index >= 15 is 0 Å². The van der Waals surface area contributed by atoms with Crippen LogP contribution in [0.2, 0.25) is 0 Å². The Hall–Kier alpha value is -3.05. The predicted molar refractivity (Wildman–Crippen MR) is 128 cm³/mol. The number of nitrogens with one attached hydrogen (secondary N) is 1. The summed E-state index contributed by atoms with van der Waals surface area (Å²) < 4.78 is 32.7. The molecule has 10 nitrogen and oxygen atoms in total. The van der Waals surface area contributed by atoms with Crippen molar-refractivity contribution in [2.45, 2.75) is 68.0 Å². The van der Waals surface area contributed by atoms with Crippen molar-refractivity contribution < 1.29 is 27.2 Å². The number of sulfonamides is 1. The Labute approximate surface area is 210 Å². The van der Waals surface area contributed by atoms with Gasteiger partial charge in [0.25, 0.3) is 5.91 Å². The van der Waals surface area contributed by atoms with Gasteiger partial charge in [-0.25, -0.2) is 8.42 Å².